The predicted octanol–water partition coefficient (Wildman–Crippen LogP) is 1.64. The highest BCUT2D eigenvalue weighted by atomic mass is 79.9. The fraction of sp³-hybridized carbons (Fsp3) is 0.500. The lowest BCUT2D eigenvalue weighted by Gasteiger charge is -2.24. The van der Waals surface area contributed by atoms with Gasteiger partial charge in [0.2, 0.25) is 0 Å². The van der Waals surface area contributed by atoms with Gasteiger partial charge in [-0.25, -0.2) is 4.98 Å². The van der Waals surface area contributed by atoms with Crippen LogP contribution in [0.2, 0.25) is 0 Å². The third-order valence-electron chi connectivity index (χ3n) is 2.66. The lowest BCUT2D eigenvalue weighted by Crippen LogP contribution is -2.33. The molecule has 0 aromatic carbocycles. The maximum atomic E-state index is 4.37. The summed E-state index contributed by atoms with van der Waals surface area (Å²) in [7, 11) is 2.11. The molecule has 1 aliphatic rings. The topological polar surface area (TPSA) is 28.2 Å². The monoisotopic (exact) mass is 255 g/mol. The molecule has 4 heteroatoms. The molecular formula is C10H14BrN3. The van der Waals surface area contributed by atoms with Gasteiger partial charge in [-0.1, -0.05) is 0 Å². The Morgan fingerprint density at radius 3 is 3.00 bits per heavy atom. The maximum absolute atomic E-state index is 4.37. The Morgan fingerprint density at radius 2 is 2.43 bits per heavy atom. The van der Waals surface area contributed by atoms with Crippen molar-refractivity contribution < 1.29 is 0 Å². The van der Waals surface area contributed by atoms with E-state index in [9.17, 15) is 0 Å². The molecule has 1 aromatic rings. The summed E-state index contributed by atoms with van der Waals surface area (Å²) >= 11 is 3.38. The largest absolute Gasteiger partial charge is 0.355 e. The molecule has 1 saturated heterocycles. The average Bonchev–Trinajstić information content (AvgIpc) is 2.71. The van der Waals surface area contributed by atoms with Gasteiger partial charge in [0.05, 0.1) is 0 Å². The van der Waals surface area contributed by atoms with Gasteiger partial charge in [-0.05, 0) is 41.0 Å². The van der Waals surface area contributed by atoms with E-state index >= 15 is 0 Å². The quantitative estimate of drug-likeness (QED) is 0.871. The molecule has 2 heterocycles. The highest BCUT2D eigenvalue weighted by Gasteiger charge is 2.19. The van der Waals surface area contributed by atoms with Crippen LogP contribution in [0.5, 0.6) is 0 Å². The molecule has 1 aliphatic heterocycles. The van der Waals surface area contributed by atoms with Crippen LogP contribution in [0.4, 0.5) is 5.82 Å². The van der Waals surface area contributed by atoms with Crippen molar-refractivity contribution in [2.45, 2.75) is 12.5 Å². The average molecular weight is 256 g/mol. The second-order valence-electron chi connectivity index (χ2n) is 3.59. The first kappa shape index (κ1) is 9.93. The smallest absolute Gasteiger partial charge is 0.128 e. The lowest BCUT2D eigenvalue weighted by molar-refractivity contribution is 0.678. The molecule has 3 nitrogen and oxygen atoms in total. The highest BCUT2D eigenvalue weighted by molar-refractivity contribution is 9.10. The number of hydrogen-bond acceptors (Lipinski definition) is 3. The van der Waals surface area contributed by atoms with Crippen molar-refractivity contribution in [1.29, 1.82) is 0 Å². The Morgan fingerprint density at radius 1 is 1.57 bits per heavy atom. The number of nitrogens with zero attached hydrogens (tertiary/aromatic N) is 2. The zero-order chi connectivity index (χ0) is 9.97. The van der Waals surface area contributed by atoms with E-state index in [-0.39, 0.29) is 0 Å². The fourth-order valence-electron chi connectivity index (χ4n) is 1.73. The zero-order valence-electron chi connectivity index (χ0n) is 8.20. The van der Waals surface area contributed by atoms with Crippen LogP contribution in [-0.2, 0) is 0 Å². The molecule has 0 aliphatic carbocycles. The number of anilines is 1. The van der Waals surface area contributed by atoms with E-state index in [4.69, 9.17) is 0 Å². The van der Waals surface area contributed by atoms with Crippen molar-refractivity contribution >= 4 is 21.7 Å². The number of likely N-dealkylation sites (N-methyl/N-ethyl adjacent to an activating group) is 1. The number of pyridine rings is 1. The second-order valence-corrected chi connectivity index (χ2v) is 4.51. The minimum absolute atomic E-state index is 0.587. The van der Waals surface area contributed by atoms with Gasteiger partial charge in [-0.15, -0.1) is 0 Å². The lowest BCUT2D eigenvalue weighted by atomic mass is 10.2. The van der Waals surface area contributed by atoms with E-state index in [1.807, 2.05) is 18.3 Å². The minimum Gasteiger partial charge on any atom is -0.355 e. The molecule has 0 amide bonds. The van der Waals surface area contributed by atoms with E-state index in [0.717, 1.165) is 23.4 Å². The molecule has 14 heavy (non-hydrogen) atoms. The Kier molecular flexibility index (Phi) is 3.03. The molecule has 0 bridgehead atoms. The number of nitrogens with one attached hydrogen (secondary N) is 1. The summed E-state index contributed by atoms with van der Waals surface area (Å²) < 4.78 is 1.03. The van der Waals surface area contributed by atoms with Crippen LogP contribution < -0.4 is 10.2 Å². The molecule has 0 radical (unpaired) electrons. The maximum Gasteiger partial charge on any atom is 0.128 e. The van der Waals surface area contributed by atoms with E-state index in [1.165, 1.54) is 6.42 Å². The van der Waals surface area contributed by atoms with Gasteiger partial charge >= 0.3 is 0 Å². The predicted molar refractivity (Wildman–Crippen MR) is 61.6 cm³/mol. The molecule has 2 rings (SSSR count). The van der Waals surface area contributed by atoms with Crippen LogP contribution in [0.1, 0.15) is 6.42 Å². The summed E-state index contributed by atoms with van der Waals surface area (Å²) in [6.07, 6.45) is 3.04. The van der Waals surface area contributed by atoms with Crippen molar-refractivity contribution in [1.82, 2.24) is 10.3 Å². The summed E-state index contributed by atoms with van der Waals surface area (Å²) in [6.45, 7) is 2.18. The molecule has 0 unspecified atom stereocenters. The molecule has 1 aromatic heterocycles. The van der Waals surface area contributed by atoms with Gasteiger partial charge in [0, 0.05) is 30.3 Å². The highest BCUT2D eigenvalue weighted by Crippen LogP contribution is 2.17. The van der Waals surface area contributed by atoms with Crippen molar-refractivity contribution in [3.8, 4) is 0 Å². The Bertz CT molecular complexity index is 293. The standard InChI is InChI=1S/C10H14BrN3/c1-14(9-4-5-12-7-9)10-3-2-8(11)6-13-10/h2-3,6,9,12H,4-5,7H2,1H3/t9-/m1/s1. The van der Waals surface area contributed by atoms with Crippen molar-refractivity contribution in [3.63, 3.8) is 0 Å². The van der Waals surface area contributed by atoms with Gasteiger partial charge in [0.25, 0.3) is 0 Å². The Labute approximate surface area is 92.6 Å². The van der Waals surface area contributed by atoms with E-state index in [1.54, 1.807) is 0 Å². The Balaban J connectivity index is 2.09. The summed E-state index contributed by atoms with van der Waals surface area (Å²) in [6, 6.07) is 4.66. The van der Waals surface area contributed by atoms with E-state index in [0.29, 0.717) is 6.04 Å². The van der Waals surface area contributed by atoms with Gasteiger partial charge in [-0.2, -0.15) is 0 Å². The van der Waals surface area contributed by atoms with Crippen LogP contribution in [-0.4, -0.2) is 31.2 Å². The zero-order valence-corrected chi connectivity index (χ0v) is 9.79. The Hall–Kier alpha value is -0.610. The molecule has 0 spiro atoms. The minimum atomic E-state index is 0.587. The molecular weight excluding hydrogens is 242 g/mol. The van der Waals surface area contributed by atoms with Gasteiger partial charge < -0.3 is 10.2 Å². The van der Waals surface area contributed by atoms with Crippen LogP contribution in [0, 0.1) is 0 Å². The fourth-order valence-corrected chi connectivity index (χ4v) is 1.97. The summed E-state index contributed by atoms with van der Waals surface area (Å²) in [4.78, 5) is 6.62. The van der Waals surface area contributed by atoms with Crippen molar-refractivity contribution in [2.24, 2.45) is 0 Å². The number of halogens is 1. The number of rotatable bonds is 2. The van der Waals surface area contributed by atoms with Gasteiger partial charge in [0.1, 0.15) is 5.82 Å². The number of aromatic nitrogens is 1. The van der Waals surface area contributed by atoms with Crippen LogP contribution >= 0.6 is 15.9 Å². The van der Waals surface area contributed by atoms with Gasteiger partial charge in [-0.3, -0.25) is 0 Å². The molecule has 1 N–H and O–H groups in total. The summed E-state index contributed by atoms with van der Waals surface area (Å²) in [5.41, 5.74) is 0. The van der Waals surface area contributed by atoms with Crippen LogP contribution in [0.3, 0.4) is 0 Å². The van der Waals surface area contributed by atoms with Crippen molar-refractivity contribution in [2.75, 3.05) is 25.0 Å². The third-order valence-corrected chi connectivity index (χ3v) is 3.12. The first-order valence-electron chi connectivity index (χ1n) is 4.82. The second kappa shape index (κ2) is 4.28. The van der Waals surface area contributed by atoms with Crippen molar-refractivity contribution in [3.05, 3.63) is 22.8 Å². The van der Waals surface area contributed by atoms with Gasteiger partial charge in [0.15, 0.2) is 0 Å². The first-order chi connectivity index (χ1) is 6.77. The third kappa shape index (κ3) is 2.07. The normalized spacial score (nSPS) is 21.1. The summed E-state index contributed by atoms with van der Waals surface area (Å²) in [5, 5.41) is 3.36. The number of hydrogen-bond donors (Lipinski definition) is 1. The molecule has 76 valence electrons. The molecule has 1 fully saturated rings. The first-order valence-corrected chi connectivity index (χ1v) is 5.62. The SMILES string of the molecule is CN(c1ccc(Br)cn1)[C@@H]1CCNC1. The van der Waals surface area contributed by atoms with E-state index in [2.05, 4.69) is 38.2 Å². The molecule has 0 saturated carbocycles. The van der Waals surface area contributed by atoms with Crippen LogP contribution in [0.15, 0.2) is 22.8 Å². The van der Waals surface area contributed by atoms with Crippen LogP contribution in [0.25, 0.3) is 0 Å². The van der Waals surface area contributed by atoms with E-state index < -0.39 is 0 Å². The summed E-state index contributed by atoms with van der Waals surface area (Å²) in [5.74, 6) is 1.04. The molecule has 1 atom stereocenters.